The topological polar surface area (TPSA) is 110 Å². The Morgan fingerprint density at radius 3 is 2.26 bits per heavy atom. The molecule has 3 atom stereocenters. The van der Waals surface area contributed by atoms with Gasteiger partial charge in [-0.2, -0.15) is 0 Å². The Morgan fingerprint density at radius 2 is 1.74 bits per heavy atom. The van der Waals surface area contributed by atoms with Crippen LogP contribution >= 0.6 is 0 Å². The van der Waals surface area contributed by atoms with Crippen LogP contribution in [0.5, 0.6) is 5.75 Å². The molecule has 2 saturated heterocycles. The second kappa shape index (κ2) is 16.0. The van der Waals surface area contributed by atoms with Gasteiger partial charge in [0.05, 0.1) is 33.5 Å². The standard InChI is InChI=1S/C21H29N3O6.C7H8.C2H6/c1-21(13-30-21)18(25)11-22-19(26)16(10-14-4-6-15(28-3)7-5-14)23-20(27)17-12-29-9-8-24(17)2;1-7-5-3-2-4-6-7;1-2/h4-7,16-17H,8-13H2,1-3H3,(H,22,26)(H,23,27);2-6H,1H3;1-2H3. The smallest absolute Gasteiger partial charge is 0.243 e. The largest absolute Gasteiger partial charge is 0.497 e. The first-order valence-electron chi connectivity index (χ1n) is 13.4. The number of Topliss-reactive ketones (excluding diaryl/α,β-unsaturated/α-hetero) is 1. The van der Waals surface area contributed by atoms with Gasteiger partial charge < -0.3 is 24.8 Å². The number of amides is 2. The maximum absolute atomic E-state index is 12.8. The highest BCUT2D eigenvalue weighted by atomic mass is 16.6. The SMILES string of the molecule is CC.COc1ccc(CC(NC(=O)C2COCCN2C)C(=O)NCC(=O)C2(C)CO2)cc1.Cc1ccccc1. The van der Waals surface area contributed by atoms with E-state index in [-0.39, 0.29) is 31.3 Å². The van der Waals surface area contributed by atoms with Gasteiger partial charge in [0, 0.05) is 13.0 Å². The number of morpholine rings is 1. The quantitative estimate of drug-likeness (QED) is 0.470. The number of likely N-dealkylation sites (N-methyl/N-ethyl adjacent to an activating group) is 1. The molecule has 0 aromatic heterocycles. The van der Waals surface area contributed by atoms with E-state index in [0.717, 1.165) is 5.56 Å². The molecule has 9 nitrogen and oxygen atoms in total. The van der Waals surface area contributed by atoms with Crippen molar-refractivity contribution in [3.63, 3.8) is 0 Å². The zero-order valence-electron chi connectivity index (χ0n) is 24.0. The molecule has 0 radical (unpaired) electrons. The Labute approximate surface area is 232 Å². The van der Waals surface area contributed by atoms with E-state index in [1.807, 2.05) is 56.1 Å². The first kappa shape index (κ1) is 31.9. The molecule has 2 aliphatic rings. The van der Waals surface area contributed by atoms with Crippen LogP contribution in [0.1, 0.15) is 31.9 Å². The van der Waals surface area contributed by atoms with Crippen LogP contribution in [-0.2, 0) is 30.3 Å². The van der Waals surface area contributed by atoms with Crippen molar-refractivity contribution in [1.29, 1.82) is 0 Å². The normalized spacial score (nSPS) is 20.6. The molecular formula is C30H43N3O6. The lowest BCUT2D eigenvalue weighted by molar-refractivity contribution is -0.136. The molecule has 4 rings (SSSR count). The van der Waals surface area contributed by atoms with Crippen molar-refractivity contribution >= 4 is 17.6 Å². The minimum Gasteiger partial charge on any atom is -0.497 e. The second-order valence-electron chi connectivity index (χ2n) is 9.50. The molecule has 2 aromatic carbocycles. The van der Waals surface area contributed by atoms with Gasteiger partial charge in [0.2, 0.25) is 11.8 Å². The summed E-state index contributed by atoms with van der Waals surface area (Å²) in [7, 11) is 3.43. The highest BCUT2D eigenvalue weighted by Crippen LogP contribution is 2.26. The molecule has 3 unspecified atom stereocenters. The van der Waals surface area contributed by atoms with Crippen LogP contribution in [0, 0.1) is 6.92 Å². The number of hydrogen-bond acceptors (Lipinski definition) is 7. The van der Waals surface area contributed by atoms with Crippen LogP contribution < -0.4 is 15.4 Å². The molecule has 2 aromatic rings. The summed E-state index contributed by atoms with van der Waals surface area (Å²) in [6.45, 7) is 9.47. The van der Waals surface area contributed by atoms with Crippen molar-refractivity contribution in [3.05, 3.63) is 65.7 Å². The van der Waals surface area contributed by atoms with Gasteiger partial charge in [-0.3, -0.25) is 19.3 Å². The molecule has 0 aliphatic carbocycles. The van der Waals surface area contributed by atoms with Crippen LogP contribution in [-0.4, -0.2) is 87.2 Å². The minimum atomic E-state index is -0.832. The third kappa shape index (κ3) is 10.4. The summed E-state index contributed by atoms with van der Waals surface area (Å²) in [5.74, 6) is -0.190. The number of nitrogens with one attached hydrogen (secondary N) is 2. The molecule has 2 fully saturated rings. The van der Waals surface area contributed by atoms with Gasteiger partial charge in [-0.1, -0.05) is 61.9 Å². The molecule has 39 heavy (non-hydrogen) atoms. The lowest BCUT2D eigenvalue weighted by Crippen LogP contribution is -2.57. The number of aryl methyl sites for hydroxylation is 1. The van der Waals surface area contributed by atoms with E-state index in [1.165, 1.54) is 5.56 Å². The number of ether oxygens (including phenoxy) is 3. The fraction of sp³-hybridized carbons (Fsp3) is 0.500. The van der Waals surface area contributed by atoms with Gasteiger partial charge in [0.1, 0.15) is 23.4 Å². The van der Waals surface area contributed by atoms with Gasteiger partial charge in [0.25, 0.3) is 0 Å². The number of carbonyl (C=O) groups is 3. The van der Waals surface area contributed by atoms with Crippen molar-refractivity contribution in [2.24, 2.45) is 0 Å². The molecule has 0 bridgehead atoms. The molecule has 2 amide bonds. The lowest BCUT2D eigenvalue weighted by Gasteiger charge is -2.32. The van der Waals surface area contributed by atoms with E-state index < -0.39 is 23.6 Å². The van der Waals surface area contributed by atoms with Crippen molar-refractivity contribution < 1.29 is 28.6 Å². The summed E-state index contributed by atoms with van der Waals surface area (Å²) >= 11 is 0. The minimum absolute atomic E-state index is 0.142. The van der Waals surface area contributed by atoms with Gasteiger partial charge >= 0.3 is 0 Å². The van der Waals surface area contributed by atoms with Crippen molar-refractivity contribution in [2.45, 2.75) is 51.8 Å². The fourth-order valence-corrected chi connectivity index (χ4v) is 3.72. The number of epoxide rings is 1. The van der Waals surface area contributed by atoms with Gasteiger partial charge in [0.15, 0.2) is 5.78 Å². The van der Waals surface area contributed by atoms with Crippen LogP contribution in [0.2, 0.25) is 0 Å². The average molecular weight is 542 g/mol. The Hall–Kier alpha value is -3.27. The number of benzene rings is 2. The van der Waals surface area contributed by atoms with Gasteiger partial charge in [-0.05, 0) is 38.6 Å². The molecule has 0 spiro atoms. The summed E-state index contributed by atoms with van der Waals surface area (Å²) in [5, 5.41) is 5.46. The number of methoxy groups -OCH3 is 1. The van der Waals surface area contributed by atoms with Crippen LogP contribution in [0.25, 0.3) is 0 Å². The van der Waals surface area contributed by atoms with Crippen LogP contribution in [0.3, 0.4) is 0 Å². The van der Waals surface area contributed by atoms with Crippen LogP contribution in [0.4, 0.5) is 0 Å². The number of hydrogen-bond donors (Lipinski definition) is 2. The number of carbonyl (C=O) groups excluding carboxylic acids is 3. The molecular weight excluding hydrogens is 498 g/mol. The zero-order chi connectivity index (χ0) is 28.8. The van der Waals surface area contributed by atoms with Gasteiger partial charge in [-0.15, -0.1) is 0 Å². The first-order valence-corrected chi connectivity index (χ1v) is 13.4. The third-order valence-electron chi connectivity index (χ3n) is 6.46. The molecule has 2 N–H and O–H groups in total. The number of ketones is 1. The predicted molar refractivity (Wildman–Crippen MR) is 151 cm³/mol. The highest BCUT2D eigenvalue weighted by molar-refractivity contribution is 5.95. The van der Waals surface area contributed by atoms with Crippen molar-refractivity contribution in [3.8, 4) is 5.75 Å². The molecule has 9 heteroatoms. The summed E-state index contributed by atoms with van der Waals surface area (Å²) in [6, 6.07) is 16.2. The Kier molecular flexibility index (Phi) is 13.1. The van der Waals surface area contributed by atoms with E-state index in [1.54, 1.807) is 26.2 Å². The number of rotatable bonds is 9. The fourth-order valence-electron chi connectivity index (χ4n) is 3.72. The highest BCUT2D eigenvalue weighted by Gasteiger charge is 2.46. The third-order valence-corrected chi connectivity index (χ3v) is 6.46. The van der Waals surface area contributed by atoms with E-state index in [0.29, 0.717) is 25.5 Å². The van der Waals surface area contributed by atoms with Crippen molar-refractivity contribution in [2.75, 3.05) is 47.1 Å². The maximum atomic E-state index is 12.8. The second-order valence-corrected chi connectivity index (χ2v) is 9.50. The Morgan fingerprint density at radius 1 is 1.10 bits per heavy atom. The number of nitrogens with zero attached hydrogens (tertiary/aromatic N) is 1. The average Bonchev–Trinajstić information content (AvgIpc) is 3.72. The summed E-state index contributed by atoms with van der Waals surface area (Å²) in [6.07, 6.45) is 0.279. The Bertz CT molecular complexity index is 1040. The van der Waals surface area contributed by atoms with Crippen LogP contribution in [0.15, 0.2) is 54.6 Å². The molecule has 0 saturated carbocycles. The molecule has 214 valence electrons. The summed E-state index contributed by atoms with van der Waals surface area (Å²) in [4.78, 5) is 39.7. The van der Waals surface area contributed by atoms with E-state index >= 15 is 0 Å². The first-order chi connectivity index (χ1) is 18.7. The van der Waals surface area contributed by atoms with E-state index in [9.17, 15) is 14.4 Å². The summed E-state index contributed by atoms with van der Waals surface area (Å²) in [5.41, 5.74) is 1.38. The lowest BCUT2D eigenvalue weighted by atomic mass is 10.0. The Balaban J connectivity index is 0.000000507. The van der Waals surface area contributed by atoms with Gasteiger partial charge in [-0.25, -0.2) is 0 Å². The molecule has 2 heterocycles. The maximum Gasteiger partial charge on any atom is 0.243 e. The van der Waals surface area contributed by atoms with Crippen molar-refractivity contribution in [1.82, 2.24) is 15.5 Å². The molecule has 2 aliphatic heterocycles. The van der Waals surface area contributed by atoms with E-state index in [4.69, 9.17) is 14.2 Å². The predicted octanol–water partition coefficient (Wildman–Crippen LogP) is 2.55. The van der Waals surface area contributed by atoms with E-state index in [2.05, 4.69) is 29.7 Å². The monoisotopic (exact) mass is 541 g/mol. The summed E-state index contributed by atoms with van der Waals surface area (Å²) < 4.78 is 15.7. The zero-order valence-corrected chi connectivity index (χ0v) is 24.0.